The van der Waals surface area contributed by atoms with Gasteiger partial charge in [0.15, 0.2) is 23.1 Å². The van der Waals surface area contributed by atoms with Crippen LogP contribution in [0.15, 0.2) is 24.3 Å². The second kappa shape index (κ2) is 19.6. The minimum Gasteiger partial charge on any atom is -0.490 e. The highest BCUT2D eigenvalue weighted by Crippen LogP contribution is 2.51. The molecule has 4 nitrogen and oxygen atoms in total. The standard InChI is InChI=1S/C22H32F2O.C19H26F2O3/c1-2-3-16-25-19-13-12-18(20(23)21(19)24)22(14-8-5-9-15-22)17-10-6-4-7-11-17;1-2-3-4-5-12-24-16-11-10-15(17(20)18(16)21)13-6-8-14(9-7-13)19(22)23/h12-13,17H,2-11,14-16H2,1H3;10-11,13-14H,2-9,12H2,1H3,(H,22,23). The fourth-order valence-electron chi connectivity index (χ4n) is 8.43. The molecule has 8 heteroatoms. The molecule has 0 bridgehead atoms. The van der Waals surface area contributed by atoms with E-state index in [9.17, 15) is 18.0 Å². The van der Waals surface area contributed by atoms with E-state index in [1.54, 1.807) is 12.1 Å². The quantitative estimate of drug-likeness (QED) is 0.158. The monoisotopic (exact) mass is 690 g/mol. The Hall–Kier alpha value is -2.77. The highest BCUT2D eigenvalue weighted by molar-refractivity contribution is 5.70. The molecule has 0 saturated heterocycles. The molecule has 3 fully saturated rings. The van der Waals surface area contributed by atoms with Gasteiger partial charge in [-0.05, 0) is 99.3 Å². The van der Waals surface area contributed by atoms with Crippen molar-refractivity contribution in [2.45, 2.75) is 154 Å². The number of rotatable bonds is 14. The third-order valence-corrected chi connectivity index (χ3v) is 11.3. The van der Waals surface area contributed by atoms with Gasteiger partial charge in [0, 0.05) is 5.41 Å². The maximum atomic E-state index is 15.1. The normalized spacial score (nSPS) is 21.0. The van der Waals surface area contributed by atoms with Crippen LogP contribution in [0.1, 0.15) is 159 Å². The smallest absolute Gasteiger partial charge is 0.306 e. The molecule has 274 valence electrons. The molecular weight excluding hydrogens is 632 g/mol. The average Bonchev–Trinajstić information content (AvgIpc) is 3.13. The summed E-state index contributed by atoms with van der Waals surface area (Å²) in [5.74, 6) is -3.95. The summed E-state index contributed by atoms with van der Waals surface area (Å²) in [4.78, 5) is 11.0. The van der Waals surface area contributed by atoms with Crippen molar-refractivity contribution < 1.29 is 36.9 Å². The number of ether oxygens (including phenoxy) is 2. The molecule has 2 aromatic carbocycles. The highest BCUT2D eigenvalue weighted by Gasteiger charge is 2.44. The Balaban J connectivity index is 0.000000221. The molecule has 0 amide bonds. The molecule has 3 saturated carbocycles. The summed E-state index contributed by atoms with van der Waals surface area (Å²) in [5.41, 5.74) is 0.806. The first-order valence-electron chi connectivity index (χ1n) is 19.2. The zero-order valence-corrected chi connectivity index (χ0v) is 29.8. The number of aliphatic carboxylic acids is 1. The van der Waals surface area contributed by atoms with Crippen LogP contribution in [0.4, 0.5) is 17.6 Å². The van der Waals surface area contributed by atoms with E-state index < -0.39 is 29.2 Å². The first-order chi connectivity index (χ1) is 23.7. The van der Waals surface area contributed by atoms with E-state index >= 15 is 4.39 Å². The lowest BCUT2D eigenvalue weighted by atomic mass is 9.58. The lowest BCUT2D eigenvalue weighted by Gasteiger charge is -2.46. The van der Waals surface area contributed by atoms with E-state index in [-0.39, 0.29) is 28.7 Å². The number of carboxylic acid groups (broad SMARTS) is 1. The number of carboxylic acids is 1. The van der Waals surface area contributed by atoms with Crippen LogP contribution in [-0.4, -0.2) is 24.3 Å². The van der Waals surface area contributed by atoms with Crippen LogP contribution in [0.3, 0.4) is 0 Å². The van der Waals surface area contributed by atoms with Gasteiger partial charge >= 0.3 is 5.97 Å². The van der Waals surface area contributed by atoms with Crippen LogP contribution in [-0.2, 0) is 10.2 Å². The van der Waals surface area contributed by atoms with Crippen molar-refractivity contribution in [1.82, 2.24) is 0 Å². The predicted octanol–water partition coefficient (Wildman–Crippen LogP) is 12.2. The van der Waals surface area contributed by atoms with Crippen LogP contribution < -0.4 is 9.47 Å². The number of carbonyl (C=O) groups is 1. The predicted molar refractivity (Wildman–Crippen MR) is 186 cm³/mol. The molecule has 49 heavy (non-hydrogen) atoms. The van der Waals surface area contributed by atoms with Gasteiger partial charge in [-0.15, -0.1) is 0 Å². The molecule has 0 radical (unpaired) electrons. The number of benzene rings is 2. The second-order valence-corrected chi connectivity index (χ2v) is 14.6. The van der Waals surface area contributed by atoms with Crippen LogP contribution in [0.5, 0.6) is 11.5 Å². The van der Waals surface area contributed by atoms with Gasteiger partial charge in [-0.25, -0.2) is 8.78 Å². The van der Waals surface area contributed by atoms with Gasteiger partial charge in [-0.3, -0.25) is 4.79 Å². The van der Waals surface area contributed by atoms with Crippen LogP contribution in [0.25, 0.3) is 0 Å². The topological polar surface area (TPSA) is 55.8 Å². The molecule has 3 aliphatic rings. The molecule has 5 rings (SSSR count). The van der Waals surface area contributed by atoms with Crippen molar-refractivity contribution in [2.75, 3.05) is 13.2 Å². The van der Waals surface area contributed by atoms with Crippen molar-refractivity contribution in [3.63, 3.8) is 0 Å². The summed E-state index contributed by atoms with van der Waals surface area (Å²) >= 11 is 0. The first-order valence-corrected chi connectivity index (χ1v) is 19.2. The summed E-state index contributed by atoms with van der Waals surface area (Å²) in [7, 11) is 0. The van der Waals surface area contributed by atoms with Crippen molar-refractivity contribution in [3.05, 3.63) is 58.7 Å². The SMILES string of the molecule is CCCCCCOc1ccc(C2CCC(C(=O)O)CC2)c(F)c1F.CCCCOc1ccc(C2(C3CCCCC3)CCCCC2)c(F)c1F. The highest BCUT2D eigenvalue weighted by atomic mass is 19.2. The minimum absolute atomic E-state index is 0.0352. The van der Waals surface area contributed by atoms with E-state index in [0.29, 0.717) is 55.9 Å². The average molecular weight is 691 g/mol. The summed E-state index contributed by atoms with van der Waals surface area (Å²) in [5, 5.41) is 9.02. The van der Waals surface area contributed by atoms with Gasteiger partial charge < -0.3 is 14.6 Å². The minimum atomic E-state index is -0.927. The summed E-state index contributed by atoms with van der Waals surface area (Å²) in [6, 6.07) is 6.59. The maximum Gasteiger partial charge on any atom is 0.306 e. The lowest BCUT2D eigenvalue weighted by Crippen LogP contribution is -2.39. The van der Waals surface area contributed by atoms with Gasteiger partial charge in [0.2, 0.25) is 11.6 Å². The second-order valence-electron chi connectivity index (χ2n) is 14.6. The van der Waals surface area contributed by atoms with Gasteiger partial charge in [-0.1, -0.05) is 90.2 Å². The zero-order chi connectivity index (χ0) is 35.2. The number of halogens is 4. The number of hydrogen-bond acceptors (Lipinski definition) is 3. The molecule has 0 aliphatic heterocycles. The molecule has 0 heterocycles. The van der Waals surface area contributed by atoms with Gasteiger partial charge in [-0.2, -0.15) is 8.78 Å². The maximum absolute atomic E-state index is 15.1. The molecule has 0 spiro atoms. The van der Waals surface area contributed by atoms with Crippen LogP contribution >= 0.6 is 0 Å². The van der Waals surface area contributed by atoms with Crippen molar-refractivity contribution >= 4 is 5.97 Å². The van der Waals surface area contributed by atoms with Crippen molar-refractivity contribution in [3.8, 4) is 11.5 Å². The van der Waals surface area contributed by atoms with Crippen LogP contribution in [0.2, 0.25) is 0 Å². The third kappa shape index (κ3) is 10.2. The fraction of sp³-hybridized carbons (Fsp3) is 0.683. The van der Waals surface area contributed by atoms with Crippen molar-refractivity contribution in [2.24, 2.45) is 11.8 Å². The molecule has 0 aromatic heterocycles. The Bertz CT molecular complexity index is 1310. The molecule has 0 unspecified atom stereocenters. The Morgan fingerprint density at radius 2 is 1.24 bits per heavy atom. The first kappa shape index (κ1) is 39.0. The van der Waals surface area contributed by atoms with Gasteiger partial charge in [0.25, 0.3) is 0 Å². The Morgan fingerprint density at radius 3 is 1.86 bits per heavy atom. The number of unbranched alkanes of at least 4 members (excludes halogenated alkanes) is 4. The molecule has 1 N–H and O–H groups in total. The molecular formula is C41H58F4O4. The van der Waals surface area contributed by atoms with E-state index in [1.807, 2.05) is 6.07 Å². The van der Waals surface area contributed by atoms with E-state index in [0.717, 1.165) is 77.0 Å². The zero-order valence-electron chi connectivity index (χ0n) is 29.8. The van der Waals surface area contributed by atoms with E-state index in [1.165, 1.54) is 31.7 Å². The molecule has 3 aliphatic carbocycles. The fourth-order valence-corrected chi connectivity index (χ4v) is 8.43. The van der Waals surface area contributed by atoms with Crippen LogP contribution in [0, 0.1) is 35.1 Å². The lowest BCUT2D eigenvalue weighted by molar-refractivity contribution is -0.142. The number of hydrogen-bond donors (Lipinski definition) is 1. The Kier molecular flexibility index (Phi) is 15.6. The molecule has 2 aromatic rings. The largest absolute Gasteiger partial charge is 0.490 e. The molecule has 0 atom stereocenters. The van der Waals surface area contributed by atoms with Gasteiger partial charge in [0.05, 0.1) is 19.1 Å². The summed E-state index contributed by atoms with van der Waals surface area (Å²) < 4.78 is 69.2. The van der Waals surface area contributed by atoms with Gasteiger partial charge in [0.1, 0.15) is 0 Å². The third-order valence-electron chi connectivity index (χ3n) is 11.3. The summed E-state index contributed by atoms with van der Waals surface area (Å²) in [6.07, 6.45) is 19.6. The Labute approximate surface area is 291 Å². The van der Waals surface area contributed by atoms with E-state index in [4.69, 9.17) is 14.6 Å². The Morgan fingerprint density at radius 1 is 0.673 bits per heavy atom. The summed E-state index contributed by atoms with van der Waals surface area (Å²) in [6.45, 7) is 5.00. The van der Waals surface area contributed by atoms with Crippen molar-refractivity contribution in [1.29, 1.82) is 0 Å². The van der Waals surface area contributed by atoms with E-state index in [2.05, 4.69) is 13.8 Å².